The molecule has 1 heterocycles. The third kappa shape index (κ3) is 3.40. The third-order valence-corrected chi connectivity index (χ3v) is 4.05. The molecule has 1 atom stereocenters. The minimum atomic E-state index is -0.414. The van der Waals surface area contributed by atoms with Crippen LogP contribution in [0, 0.1) is 17.7 Å². The van der Waals surface area contributed by atoms with Crippen molar-refractivity contribution in [1.29, 1.82) is 0 Å². The van der Waals surface area contributed by atoms with Crippen molar-refractivity contribution in [3.8, 4) is 0 Å². The van der Waals surface area contributed by atoms with E-state index in [1.807, 2.05) is 0 Å². The standard InChI is InChI=1S/C16H18FNO3/c17-14-4-2-1-3-12(14)10-21-16(20)13-7-15(19)18(9-13)8-11-5-6-11/h1-4,11,13H,5-10H2. The second kappa shape index (κ2) is 5.84. The molecule has 1 aliphatic carbocycles. The van der Waals surface area contributed by atoms with Gasteiger partial charge in [-0.2, -0.15) is 0 Å². The average molecular weight is 291 g/mol. The highest BCUT2D eigenvalue weighted by Crippen LogP contribution is 2.32. The fourth-order valence-electron chi connectivity index (χ4n) is 2.60. The van der Waals surface area contributed by atoms with E-state index in [1.54, 1.807) is 23.1 Å². The summed E-state index contributed by atoms with van der Waals surface area (Å²) in [5.74, 6) is -0.576. The van der Waals surface area contributed by atoms with Crippen molar-refractivity contribution in [2.75, 3.05) is 13.1 Å². The molecule has 1 aliphatic heterocycles. The van der Waals surface area contributed by atoms with E-state index in [1.165, 1.54) is 18.9 Å². The Morgan fingerprint density at radius 2 is 2.10 bits per heavy atom. The second-order valence-corrected chi connectivity index (χ2v) is 5.84. The van der Waals surface area contributed by atoms with Crippen LogP contribution in [0.5, 0.6) is 0 Å². The number of esters is 1. The summed E-state index contributed by atoms with van der Waals surface area (Å²) < 4.78 is 18.6. The Balaban J connectivity index is 1.51. The lowest BCUT2D eigenvalue weighted by atomic mass is 10.1. The number of rotatable bonds is 5. The Hall–Kier alpha value is -1.91. The minimum absolute atomic E-state index is 0.0229. The molecule has 21 heavy (non-hydrogen) atoms. The van der Waals surface area contributed by atoms with Crippen LogP contribution in [0.2, 0.25) is 0 Å². The van der Waals surface area contributed by atoms with E-state index in [4.69, 9.17) is 4.74 Å². The lowest BCUT2D eigenvalue weighted by Crippen LogP contribution is -2.28. The number of ether oxygens (including phenoxy) is 1. The van der Waals surface area contributed by atoms with Crippen molar-refractivity contribution < 1.29 is 18.7 Å². The van der Waals surface area contributed by atoms with E-state index in [0.29, 0.717) is 18.0 Å². The first-order chi connectivity index (χ1) is 10.1. The van der Waals surface area contributed by atoms with Gasteiger partial charge in [-0.15, -0.1) is 0 Å². The summed E-state index contributed by atoms with van der Waals surface area (Å²) in [5, 5.41) is 0. The van der Waals surface area contributed by atoms with E-state index in [9.17, 15) is 14.0 Å². The lowest BCUT2D eigenvalue weighted by molar-refractivity contribution is -0.149. The molecule has 1 aromatic rings. The second-order valence-electron chi connectivity index (χ2n) is 5.84. The van der Waals surface area contributed by atoms with Crippen molar-refractivity contribution in [3.05, 3.63) is 35.6 Å². The fourth-order valence-corrected chi connectivity index (χ4v) is 2.60. The minimum Gasteiger partial charge on any atom is -0.460 e. The molecule has 2 fully saturated rings. The van der Waals surface area contributed by atoms with Gasteiger partial charge in [0, 0.05) is 25.1 Å². The van der Waals surface area contributed by atoms with E-state index in [2.05, 4.69) is 0 Å². The molecule has 1 amide bonds. The van der Waals surface area contributed by atoms with E-state index in [0.717, 1.165) is 6.54 Å². The number of likely N-dealkylation sites (tertiary alicyclic amines) is 1. The van der Waals surface area contributed by atoms with Gasteiger partial charge in [-0.05, 0) is 24.8 Å². The summed E-state index contributed by atoms with van der Waals surface area (Å²) in [4.78, 5) is 25.6. The van der Waals surface area contributed by atoms with Crippen LogP contribution >= 0.6 is 0 Å². The summed E-state index contributed by atoms with van der Waals surface area (Å²) >= 11 is 0. The molecule has 2 aliphatic rings. The van der Waals surface area contributed by atoms with Gasteiger partial charge in [0.25, 0.3) is 0 Å². The molecule has 1 saturated heterocycles. The SMILES string of the molecule is O=C(OCc1ccccc1F)C1CC(=O)N(CC2CC2)C1. The van der Waals surface area contributed by atoms with Crippen molar-refractivity contribution in [3.63, 3.8) is 0 Å². The maximum absolute atomic E-state index is 13.4. The quantitative estimate of drug-likeness (QED) is 0.781. The molecule has 0 radical (unpaired) electrons. The molecule has 0 aromatic heterocycles. The van der Waals surface area contributed by atoms with Gasteiger partial charge in [-0.3, -0.25) is 9.59 Å². The van der Waals surface area contributed by atoms with E-state index >= 15 is 0 Å². The van der Waals surface area contributed by atoms with Gasteiger partial charge in [-0.1, -0.05) is 18.2 Å². The lowest BCUT2D eigenvalue weighted by Gasteiger charge is -2.15. The number of nitrogens with zero attached hydrogens (tertiary/aromatic N) is 1. The Labute approximate surface area is 122 Å². The molecular weight excluding hydrogens is 273 g/mol. The van der Waals surface area contributed by atoms with Gasteiger partial charge in [0.15, 0.2) is 0 Å². The number of halogens is 1. The number of carbonyl (C=O) groups excluding carboxylic acids is 2. The molecule has 1 unspecified atom stereocenters. The van der Waals surface area contributed by atoms with Crippen LogP contribution in [0.15, 0.2) is 24.3 Å². The molecule has 112 valence electrons. The largest absolute Gasteiger partial charge is 0.460 e. The smallest absolute Gasteiger partial charge is 0.311 e. The number of benzene rings is 1. The highest BCUT2D eigenvalue weighted by atomic mass is 19.1. The first-order valence-corrected chi connectivity index (χ1v) is 7.31. The normalized spacial score (nSPS) is 21.7. The van der Waals surface area contributed by atoms with Crippen molar-refractivity contribution in [2.24, 2.45) is 11.8 Å². The summed E-state index contributed by atoms with van der Waals surface area (Å²) in [6.07, 6.45) is 2.56. The van der Waals surface area contributed by atoms with Gasteiger partial charge in [0.05, 0.1) is 5.92 Å². The number of carbonyl (C=O) groups is 2. The maximum atomic E-state index is 13.4. The van der Waals surface area contributed by atoms with Gasteiger partial charge < -0.3 is 9.64 Å². The fraction of sp³-hybridized carbons (Fsp3) is 0.500. The Morgan fingerprint density at radius 1 is 1.33 bits per heavy atom. The molecule has 0 bridgehead atoms. The summed E-state index contributed by atoms with van der Waals surface area (Å²) in [5.41, 5.74) is 0.352. The molecular formula is C16H18FNO3. The van der Waals surface area contributed by atoms with Crippen LogP contribution < -0.4 is 0 Å². The number of hydrogen-bond donors (Lipinski definition) is 0. The van der Waals surface area contributed by atoms with Gasteiger partial charge >= 0.3 is 5.97 Å². The first kappa shape index (κ1) is 14.0. The first-order valence-electron chi connectivity index (χ1n) is 7.31. The van der Waals surface area contributed by atoms with Crippen molar-refractivity contribution in [2.45, 2.75) is 25.9 Å². The van der Waals surface area contributed by atoms with Gasteiger partial charge in [0.2, 0.25) is 5.91 Å². The molecule has 1 aromatic carbocycles. The van der Waals surface area contributed by atoms with Crippen molar-refractivity contribution >= 4 is 11.9 Å². The zero-order chi connectivity index (χ0) is 14.8. The Morgan fingerprint density at radius 3 is 2.81 bits per heavy atom. The maximum Gasteiger partial charge on any atom is 0.311 e. The summed E-state index contributed by atoms with van der Waals surface area (Å²) in [6.45, 7) is 1.11. The van der Waals surface area contributed by atoms with E-state index < -0.39 is 11.9 Å². The number of hydrogen-bond acceptors (Lipinski definition) is 3. The molecule has 0 spiro atoms. The number of amides is 1. The average Bonchev–Trinajstić information content (AvgIpc) is 3.21. The van der Waals surface area contributed by atoms with Gasteiger partial charge in [0.1, 0.15) is 12.4 Å². The predicted octanol–water partition coefficient (Wildman–Crippen LogP) is 2.13. The highest BCUT2D eigenvalue weighted by molar-refractivity contribution is 5.86. The highest BCUT2D eigenvalue weighted by Gasteiger charge is 2.37. The molecule has 1 saturated carbocycles. The zero-order valence-corrected chi connectivity index (χ0v) is 11.8. The monoisotopic (exact) mass is 291 g/mol. The Bertz CT molecular complexity index is 556. The van der Waals surface area contributed by atoms with Crippen LogP contribution in [-0.4, -0.2) is 29.9 Å². The topological polar surface area (TPSA) is 46.6 Å². The third-order valence-electron chi connectivity index (χ3n) is 4.05. The predicted molar refractivity (Wildman–Crippen MR) is 73.6 cm³/mol. The Kier molecular flexibility index (Phi) is 3.90. The van der Waals surface area contributed by atoms with E-state index in [-0.39, 0.29) is 24.8 Å². The van der Waals surface area contributed by atoms with Crippen LogP contribution in [0.4, 0.5) is 4.39 Å². The summed E-state index contributed by atoms with van der Waals surface area (Å²) in [6, 6.07) is 6.20. The summed E-state index contributed by atoms with van der Waals surface area (Å²) in [7, 11) is 0. The molecule has 3 rings (SSSR count). The van der Waals surface area contributed by atoms with Crippen LogP contribution in [-0.2, 0) is 20.9 Å². The molecule has 5 heteroatoms. The van der Waals surface area contributed by atoms with Crippen molar-refractivity contribution in [1.82, 2.24) is 4.90 Å². The molecule has 0 N–H and O–H groups in total. The van der Waals surface area contributed by atoms with Crippen LogP contribution in [0.3, 0.4) is 0 Å². The van der Waals surface area contributed by atoms with Crippen LogP contribution in [0.1, 0.15) is 24.8 Å². The zero-order valence-electron chi connectivity index (χ0n) is 11.8. The van der Waals surface area contributed by atoms with Crippen LogP contribution in [0.25, 0.3) is 0 Å². The van der Waals surface area contributed by atoms with Gasteiger partial charge in [-0.25, -0.2) is 4.39 Å². The molecule has 4 nitrogen and oxygen atoms in total.